The Morgan fingerprint density at radius 3 is 2.57 bits per heavy atom. The first-order chi connectivity index (χ1) is 3.27. The lowest BCUT2D eigenvalue weighted by molar-refractivity contribution is 0.0731. The summed E-state index contributed by atoms with van der Waals surface area (Å²) in [7, 11) is 0. The minimum Gasteiger partial charge on any atom is -0.391 e. The molecule has 0 fully saturated rings. The third kappa shape index (κ3) is 6.65. The minimum atomic E-state index is -0.324. The molecule has 1 atom stereocenters. The predicted octanol–water partition coefficient (Wildman–Crippen LogP) is 0.776. The maximum absolute atomic E-state index is 8.56. The summed E-state index contributed by atoms with van der Waals surface area (Å²) in [4.78, 5) is 0. The maximum Gasteiger partial charge on any atom is 0.0980 e. The molecule has 0 heterocycles. The quantitative estimate of drug-likeness (QED) is 0.557. The number of alkyl halides is 1. The van der Waals surface area contributed by atoms with Gasteiger partial charge in [-0.05, 0) is 6.92 Å². The first-order valence-electron chi connectivity index (χ1n) is 2.09. The zero-order chi connectivity index (χ0) is 5.70. The van der Waals surface area contributed by atoms with E-state index in [0.29, 0.717) is 11.2 Å². The van der Waals surface area contributed by atoms with E-state index in [9.17, 15) is 0 Å². The zero-order valence-corrected chi connectivity index (χ0v) is 6.38. The molecule has 0 radical (unpaired) electrons. The molecule has 0 amide bonds. The Morgan fingerprint density at radius 1 is 1.86 bits per heavy atom. The Morgan fingerprint density at radius 2 is 2.43 bits per heavy atom. The number of aliphatic hydroxyl groups excluding tert-OH is 1. The van der Waals surface area contributed by atoms with Gasteiger partial charge < -0.3 is 9.84 Å². The zero-order valence-electron chi connectivity index (χ0n) is 4.22. The van der Waals surface area contributed by atoms with Gasteiger partial charge in [-0.3, -0.25) is 0 Å². The van der Waals surface area contributed by atoms with Crippen LogP contribution in [0.1, 0.15) is 6.92 Å². The number of rotatable bonds is 3. The SMILES string of the molecule is CC(O)COCI. The van der Waals surface area contributed by atoms with Crippen LogP contribution in [0.4, 0.5) is 0 Å². The highest BCUT2D eigenvalue weighted by atomic mass is 127. The van der Waals surface area contributed by atoms with Crippen molar-refractivity contribution < 1.29 is 9.84 Å². The van der Waals surface area contributed by atoms with Gasteiger partial charge in [0.2, 0.25) is 0 Å². The van der Waals surface area contributed by atoms with Crippen LogP contribution >= 0.6 is 22.6 Å². The van der Waals surface area contributed by atoms with E-state index in [4.69, 9.17) is 9.84 Å². The van der Waals surface area contributed by atoms with Crippen molar-refractivity contribution in [3.8, 4) is 0 Å². The molecular weight excluding hydrogens is 207 g/mol. The molecule has 0 aromatic carbocycles. The molecule has 0 aromatic rings. The molecule has 0 saturated heterocycles. The van der Waals surface area contributed by atoms with Crippen LogP contribution in [-0.2, 0) is 4.74 Å². The second kappa shape index (κ2) is 4.80. The van der Waals surface area contributed by atoms with Crippen LogP contribution in [0.5, 0.6) is 0 Å². The monoisotopic (exact) mass is 216 g/mol. The lowest BCUT2D eigenvalue weighted by atomic mass is 10.5. The first kappa shape index (κ1) is 7.65. The van der Waals surface area contributed by atoms with Gasteiger partial charge in [0.05, 0.1) is 17.3 Å². The number of halogens is 1. The second-order valence-electron chi connectivity index (χ2n) is 1.33. The van der Waals surface area contributed by atoms with Gasteiger partial charge in [0.25, 0.3) is 0 Å². The predicted molar refractivity (Wildman–Crippen MR) is 36.5 cm³/mol. The number of hydrogen-bond acceptors (Lipinski definition) is 2. The molecule has 2 nitrogen and oxygen atoms in total. The number of aliphatic hydroxyl groups is 1. The highest BCUT2D eigenvalue weighted by Crippen LogP contribution is 1.86. The molecule has 1 unspecified atom stereocenters. The Balaban J connectivity index is 2.68. The Hall–Kier alpha value is 0.650. The van der Waals surface area contributed by atoms with Crippen molar-refractivity contribution in [2.45, 2.75) is 13.0 Å². The summed E-state index contributed by atoms with van der Waals surface area (Å²) in [5.41, 5.74) is 0. The van der Waals surface area contributed by atoms with Crippen LogP contribution < -0.4 is 0 Å². The topological polar surface area (TPSA) is 29.5 Å². The van der Waals surface area contributed by atoms with Crippen LogP contribution in [-0.4, -0.2) is 22.4 Å². The second-order valence-corrected chi connectivity index (χ2v) is 1.95. The van der Waals surface area contributed by atoms with Gasteiger partial charge in [-0.1, -0.05) is 22.6 Å². The van der Waals surface area contributed by atoms with Crippen LogP contribution in [0.25, 0.3) is 0 Å². The molecule has 0 aliphatic carbocycles. The average Bonchev–Trinajstić information content (AvgIpc) is 1.61. The van der Waals surface area contributed by atoms with Crippen molar-refractivity contribution in [2.24, 2.45) is 0 Å². The van der Waals surface area contributed by atoms with Crippen LogP contribution in [0.15, 0.2) is 0 Å². The molecule has 0 saturated carbocycles. The van der Waals surface area contributed by atoms with E-state index in [1.807, 2.05) is 0 Å². The summed E-state index contributed by atoms with van der Waals surface area (Å²) in [6.45, 7) is 2.15. The fourth-order valence-electron chi connectivity index (χ4n) is 0.215. The molecule has 44 valence electrons. The molecule has 0 aliphatic heterocycles. The molecule has 3 heteroatoms. The lowest BCUT2D eigenvalue weighted by Crippen LogP contribution is -2.08. The lowest BCUT2D eigenvalue weighted by Gasteiger charge is -2.00. The summed E-state index contributed by atoms with van der Waals surface area (Å²) >= 11 is 2.09. The minimum absolute atomic E-state index is 0.324. The molecule has 0 bridgehead atoms. The van der Waals surface area contributed by atoms with E-state index in [2.05, 4.69) is 22.6 Å². The molecule has 0 rings (SSSR count). The average molecular weight is 216 g/mol. The van der Waals surface area contributed by atoms with Crippen molar-refractivity contribution in [3.05, 3.63) is 0 Å². The Bertz CT molecular complexity index is 38.7. The largest absolute Gasteiger partial charge is 0.391 e. The third-order valence-electron chi connectivity index (χ3n) is 0.436. The first-order valence-corrected chi connectivity index (χ1v) is 3.61. The fraction of sp³-hybridized carbons (Fsp3) is 1.00. The van der Waals surface area contributed by atoms with Crippen molar-refractivity contribution in [1.29, 1.82) is 0 Å². The summed E-state index contributed by atoms with van der Waals surface area (Å²) in [5.74, 6) is 0. The van der Waals surface area contributed by atoms with Gasteiger partial charge in [0.1, 0.15) is 0 Å². The van der Waals surface area contributed by atoms with E-state index >= 15 is 0 Å². The van der Waals surface area contributed by atoms with Gasteiger partial charge in [0.15, 0.2) is 0 Å². The van der Waals surface area contributed by atoms with E-state index in [1.54, 1.807) is 6.92 Å². The van der Waals surface area contributed by atoms with Gasteiger partial charge in [-0.15, -0.1) is 0 Å². The Labute approximate surface area is 57.0 Å². The van der Waals surface area contributed by atoms with Crippen molar-refractivity contribution >= 4 is 22.6 Å². The van der Waals surface area contributed by atoms with Crippen molar-refractivity contribution in [3.63, 3.8) is 0 Å². The van der Waals surface area contributed by atoms with E-state index < -0.39 is 0 Å². The highest BCUT2D eigenvalue weighted by Gasteiger charge is 1.90. The molecule has 1 N–H and O–H groups in total. The standard InChI is InChI=1S/C4H9IO2/c1-4(6)2-7-3-5/h4,6H,2-3H2,1H3. The molecule has 0 aliphatic rings. The van der Waals surface area contributed by atoms with Gasteiger partial charge in [0, 0.05) is 0 Å². The summed E-state index contributed by atoms with van der Waals surface area (Å²) in [6, 6.07) is 0. The van der Waals surface area contributed by atoms with Gasteiger partial charge in [-0.25, -0.2) is 0 Å². The molecule has 0 spiro atoms. The van der Waals surface area contributed by atoms with E-state index in [-0.39, 0.29) is 6.10 Å². The summed E-state index contributed by atoms with van der Waals surface area (Å²) in [5, 5.41) is 8.56. The van der Waals surface area contributed by atoms with Crippen molar-refractivity contribution in [2.75, 3.05) is 11.2 Å². The number of hydrogen-bond donors (Lipinski definition) is 1. The normalized spacial score (nSPS) is 14.1. The van der Waals surface area contributed by atoms with E-state index in [0.717, 1.165) is 0 Å². The number of ether oxygens (including phenoxy) is 1. The van der Waals surface area contributed by atoms with Crippen LogP contribution in [0.3, 0.4) is 0 Å². The van der Waals surface area contributed by atoms with Gasteiger partial charge >= 0.3 is 0 Å². The Kier molecular flexibility index (Phi) is 5.25. The summed E-state index contributed by atoms with van der Waals surface area (Å²) in [6.07, 6.45) is -0.324. The third-order valence-corrected chi connectivity index (χ3v) is 0.877. The smallest absolute Gasteiger partial charge is 0.0980 e. The van der Waals surface area contributed by atoms with Crippen LogP contribution in [0, 0.1) is 0 Å². The van der Waals surface area contributed by atoms with Crippen molar-refractivity contribution in [1.82, 2.24) is 0 Å². The molecule has 0 aromatic heterocycles. The van der Waals surface area contributed by atoms with Gasteiger partial charge in [-0.2, -0.15) is 0 Å². The molecule has 7 heavy (non-hydrogen) atoms. The summed E-state index contributed by atoms with van der Waals surface area (Å²) < 4.78 is 5.49. The van der Waals surface area contributed by atoms with E-state index in [1.165, 1.54) is 0 Å². The van der Waals surface area contributed by atoms with Crippen LogP contribution in [0.2, 0.25) is 0 Å². The maximum atomic E-state index is 8.56. The highest BCUT2D eigenvalue weighted by molar-refractivity contribution is 14.1. The molecular formula is C4H9IO2. The fourth-order valence-corrected chi connectivity index (χ4v) is 0.469.